The Morgan fingerprint density at radius 3 is 2.78 bits per heavy atom. The smallest absolute Gasteiger partial charge is 0.243 e. The fourth-order valence-corrected chi connectivity index (χ4v) is 2.00. The molecule has 0 bridgehead atoms. The molecule has 0 aliphatic rings. The Hall–Kier alpha value is -1.14. The van der Waals surface area contributed by atoms with E-state index in [1.54, 1.807) is 4.52 Å². The second-order valence-corrected chi connectivity index (χ2v) is 5.29. The van der Waals surface area contributed by atoms with Crippen molar-refractivity contribution < 1.29 is 5.11 Å². The zero-order valence-corrected chi connectivity index (χ0v) is 12.1. The summed E-state index contributed by atoms with van der Waals surface area (Å²) < 4.78 is 2.65. The van der Waals surface area contributed by atoms with Crippen molar-refractivity contribution in [1.82, 2.24) is 14.6 Å². The predicted octanol–water partition coefficient (Wildman–Crippen LogP) is 2.45. The molecule has 98 valence electrons. The summed E-state index contributed by atoms with van der Waals surface area (Å²) in [5.41, 5.74) is 0.0789. The number of hydrogen-bond donors (Lipinski definition) is 2. The van der Waals surface area contributed by atoms with Gasteiger partial charge in [0.15, 0.2) is 5.65 Å². The molecule has 18 heavy (non-hydrogen) atoms. The third-order valence-electron chi connectivity index (χ3n) is 3.19. The Labute approximate surface area is 114 Å². The third kappa shape index (κ3) is 2.81. The van der Waals surface area contributed by atoms with Gasteiger partial charge in [-0.1, -0.05) is 13.8 Å². The molecule has 0 aliphatic heterocycles. The van der Waals surface area contributed by atoms with E-state index >= 15 is 0 Å². The van der Waals surface area contributed by atoms with Gasteiger partial charge in [0.25, 0.3) is 0 Å². The number of nitrogens with zero attached hydrogens (tertiary/aromatic N) is 3. The predicted molar refractivity (Wildman–Crippen MR) is 74.7 cm³/mol. The van der Waals surface area contributed by atoms with Gasteiger partial charge in [0.2, 0.25) is 5.95 Å². The minimum absolute atomic E-state index is 0.456. The first-order chi connectivity index (χ1) is 8.56. The van der Waals surface area contributed by atoms with Crippen LogP contribution in [0, 0.1) is 0 Å². The summed E-state index contributed by atoms with van der Waals surface area (Å²) in [6, 6.07) is 3.80. The lowest BCUT2D eigenvalue weighted by atomic mass is 9.98. The van der Waals surface area contributed by atoms with Crippen molar-refractivity contribution in [2.24, 2.45) is 0 Å². The average Bonchev–Trinajstić information content (AvgIpc) is 2.78. The number of nitrogens with one attached hydrogen (secondary N) is 1. The lowest BCUT2D eigenvalue weighted by molar-refractivity contribution is 0.0455. The first kappa shape index (κ1) is 13.3. The second kappa shape index (κ2) is 5.24. The van der Waals surface area contributed by atoms with Gasteiger partial charge in [0, 0.05) is 17.2 Å². The quantitative estimate of drug-likeness (QED) is 0.890. The van der Waals surface area contributed by atoms with Gasteiger partial charge in [-0.2, -0.15) is 4.98 Å². The highest BCUT2D eigenvalue weighted by Gasteiger charge is 2.22. The van der Waals surface area contributed by atoms with E-state index in [2.05, 4.69) is 31.3 Å². The van der Waals surface area contributed by atoms with Crippen LogP contribution in [0.1, 0.15) is 26.7 Å². The van der Waals surface area contributed by atoms with Gasteiger partial charge >= 0.3 is 0 Å². The number of aliphatic hydroxyl groups is 1. The topological polar surface area (TPSA) is 62.5 Å². The van der Waals surface area contributed by atoms with Crippen LogP contribution in [-0.4, -0.2) is 31.9 Å². The highest BCUT2D eigenvalue weighted by Crippen LogP contribution is 2.16. The van der Waals surface area contributed by atoms with E-state index in [0.717, 1.165) is 10.1 Å². The molecule has 0 amide bonds. The van der Waals surface area contributed by atoms with Crippen LogP contribution in [0.15, 0.2) is 22.8 Å². The molecule has 2 heterocycles. The van der Waals surface area contributed by atoms with Crippen LogP contribution in [0.3, 0.4) is 0 Å². The van der Waals surface area contributed by atoms with Crippen LogP contribution in [0.4, 0.5) is 5.95 Å². The molecular formula is C12H17BrN4O. The lowest BCUT2D eigenvalue weighted by Gasteiger charge is -2.24. The Kier molecular flexibility index (Phi) is 3.87. The molecule has 0 atom stereocenters. The van der Waals surface area contributed by atoms with Gasteiger partial charge in [0.05, 0.1) is 5.60 Å². The molecule has 2 aromatic rings. The van der Waals surface area contributed by atoms with Crippen molar-refractivity contribution >= 4 is 27.5 Å². The fraction of sp³-hybridized carbons (Fsp3) is 0.500. The van der Waals surface area contributed by atoms with Crippen LogP contribution < -0.4 is 5.32 Å². The van der Waals surface area contributed by atoms with Crippen LogP contribution in [0.5, 0.6) is 0 Å². The van der Waals surface area contributed by atoms with Crippen molar-refractivity contribution in [1.29, 1.82) is 0 Å². The Balaban J connectivity index is 2.13. The number of aromatic nitrogens is 3. The van der Waals surface area contributed by atoms with E-state index in [4.69, 9.17) is 0 Å². The van der Waals surface area contributed by atoms with Crippen LogP contribution in [0.2, 0.25) is 0 Å². The van der Waals surface area contributed by atoms with E-state index in [9.17, 15) is 5.11 Å². The molecule has 0 aromatic carbocycles. The summed E-state index contributed by atoms with van der Waals surface area (Å²) in [5, 5.41) is 17.6. The van der Waals surface area contributed by atoms with Gasteiger partial charge in [-0.05, 0) is 40.9 Å². The number of pyridine rings is 1. The molecule has 0 saturated heterocycles. The van der Waals surface area contributed by atoms with Crippen molar-refractivity contribution in [2.45, 2.75) is 32.3 Å². The Bertz CT molecular complexity index is 536. The number of anilines is 1. The molecule has 0 spiro atoms. The van der Waals surface area contributed by atoms with Crippen molar-refractivity contribution in [2.75, 3.05) is 11.9 Å². The number of halogens is 1. The largest absolute Gasteiger partial charge is 0.388 e. The molecule has 0 fully saturated rings. The van der Waals surface area contributed by atoms with Crippen LogP contribution in [0.25, 0.3) is 5.65 Å². The summed E-state index contributed by atoms with van der Waals surface area (Å²) in [4.78, 5) is 4.33. The van der Waals surface area contributed by atoms with E-state index in [0.29, 0.717) is 25.3 Å². The summed E-state index contributed by atoms with van der Waals surface area (Å²) in [7, 11) is 0. The van der Waals surface area contributed by atoms with Gasteiger partial charge in [-0.15, -0.1) is 5.10 Å². The molecule has 0 aliphatic carbocycles. The maximum absolute atomic E-state index is 10.2. The maximum atomic E-state index is 10.2. The second-order valence-electron chi connectivity index (χ2n) is 4.37. The summed E-state index contributed by atoms with van der Waals surface area (Å²) in [6.07, 6.45) is 3.25. The minimum atomic E-state index is -0.696. The molecule has 0 radical (unpaired) electrons. The highest BCUT2D eigenvalue weighted by molar-refractivity contribution is 9.10. The van der Waals surface area contributed by atoms with Crippen molar-refractivity contribution in [3.8, 4) is 0 Å². The lowest BCUT2D eigenvalue weighted by Crippen LogP contribution is -2.35. The zero-order valence-electron chi connectivity index (χ0n) is 10.5. The molecule has 0 unspecified atom stereocenters. The monoisotopic (exact) mass is 312 g/mol. The maximum Gasteiger partial charge on any atom is 0.243 e. The minimum Gasteiger partial charge on any atom is -0.388 e. The number of fused-ring (bicyclic) bond motifs is 1. The van der Waals surface area contributed by atoms with E-state index in [1.165, 1.54) is 0 Å². The first-order valence-electron chi connectivity index (χ1n) is 6.04. The molecule has 2 aromatic heterocycles. The standard InChI is InChI=1S/C12H17BrN4O/c1-3-12(18,4-2)8-14-11-15-10-6-5-9(13)7-17(10)16-11/h5-7,18H,3-4,8H2,1-2H3,(H,14,16). The summed E-state index contributed by atoms with van der Waals surface area (Å²) in [5.74, 6) is 0.536. The van der Waals surface area contributed by atoms with Crippen LogP contribution >= 0.6 is 15.9 Å². The molecule has 5 nitrogen and oxygen atoms in total. The highest BCUT2D eigenvalue weighted by atomic mass is 79.9. The zero-order chi connectivity index (χ0) is 13.2. The van der Waals surface area contributed by atoms with E-state index in [1.807, 2.05) is 32.2 Å². The van der Waals surface area contributed by atoms with Gasteiger partial charge in [0.1, 0.15) is 0 Å². The van der Waals surface area contributed by atoms with Gasteiger partial charge in [-0.25, -0.2) is 4.52 Å². The normalized spacial score (nSPS) is 12.0. The molecular weight excluding hydrogens is 296 g/mol. The van der Waals surface area contributed by atoms with Gasteiger partial charge < -0.3 is 10.4 Å². The molecule has 0 saturated carbocycles. The third-order valence-corrected chi connectivity index (χ3v) is 3.66. The van der Waals surface area contributed by atoms with Gasteiger partial charge in [-0.3, -0.25) is 0 Å². The summed E-state index contributed by atoms with van der Waals surface area (Å²) >= 11 is 3.39. The van der Waals surface area contributed by atoms with E-state index in [-0.39, 0.29) is 0 Å². The SMILES string of the molecule is CCC(O)(CC)CNc1nc2ccc(Br)cn2n1. The van der Waals surface area contributed by atoms with Crippen LogP contribution in [-0.2, 0) is 0 Å². The number of rotatable bonds is 5. The first-order valence-corrected chi connectivity index (χ1v) is 6.84. The number of hydrogen-bond acceptors (Lipinski definition) is 4. The molecule has 6 heteroatoms. The van der Waals surface area contributed by atoms with E-state index < -0.39 is 5.60 Å². The summed E-state index contributed by atoms with van der Waals surface area (Å²) in [6.45, 7) is 4.40. The Morgan fingerprint density at radius 1 is 1.39 bits per heavy atom. The molecule has 2 rings (SSSR count). The Morgan fingerprint density at radius 2 is 2.11 bits per heavy atom. The van der Waals surface area contributed by atoms with Crippen molar-refractivity contribution in [3.63, 3.8) is 0 Å². The van der Waals surface area contributed by atoms with Crippen molar-refractivity contribution in [3.05, 3.63) is 22.8 Å². The molecule has 2 N–H and O–H groups in total. The average molecular weight is 313 g/mol. The fourth-order valence-electron chi connectivity index (χ4n) is 1.68.